The number of para-hydroxylation sites is 1. The monoisotopic (exact) mass is 457 g/mol. The average Bonchev–Trinajstić information content (AvgIpc) is 2.91. The maximum absolute atomic E-state index is 12.0. The molecule has 0 radical (unpaired) electrons. The van der Waals surface area contributed by atoms with Gasteiger partial charge in [-0.1, -0.05) is 23.9 Å². The largest absolute Gasteiger partial charge is 0.309 e. The lowest BCUT2D eigenvalue weighted by molar-refractivity contribution is -0.113. The minimum absolute atomic E-state index is 0.111. The third-order valence-corrected chi connectivity index (χ3v) is 5.88. The number of amides is 1. The van der Waals surface area contributed by atoms with Gasteiger partial charge in [0.05, 0.1) is 20.4 Å². The van der Waals surface area contributed by atoms with Crippen molar-refractivity contribution >= 4 is 76.9 Å². The highest BCUT2D eigenvalue weighted by Crippen LogP contribution is 2.29. The van der Waals surface area contributed by atoms with E-state index in [1.54, 1.807) is 17.5 Å². The number of carbonyl (C=O) groups excluding carboxylic acids is 1. The molecular weight excluding hydrogens is 450 g/mol. The van der Waals surface area contributed by atoms with Gasteiger partial charge in [-0.15, -0.1) is 11.3 Å². The molecule has 0 spiro atoms. The summed E-state index contributed by atoms with van der Waals surface area (Å²) in [6.45, 7) is 0. The highest BCUT2D eigenvalue weighted by atomic mass is 79.9. The van der Waals surface area contributed by atoms with Crippen LogP contribution in [0, 0.1) is 0 Å². The van der Waals surface area contributed by atoms with Crippen molar-refractivity contribution in [2.24, 2.45) is 0 Å². The predicted molar refractivity (Wildman–Crippen MR) is 98.6 cm³/mol. The van der Waals surface area contributed by atoms with E-state index in [-0.39, 0.29) is 5.91 Å². The zero-order valence-corrected chi connectivity index (χ0v) is 15.9. The molecule has 112 valence electrons. The minimum atomic E-state index is -0.111. The molecule has 1 aromatic carbocycles. The van der Waals surface area contributed by atoms with Crippen molar-refractivity contribution < 1.29 is 4.79 Å². The van der Waals surface area contributed by atoms with E-state index in [0.29, 0.717) is 11.6 Å². The number of benzene rings is 1. The quantitative estimate of drug-likeness (QED) is 0.562. The third-order valence-electron chi connectivity index (χ3n) is 2.67. The zero-order valence-electron chi connectivity index (χ0n) is 11.0. The summed E-state index contributed by atoms with van der Waals surface area (Å²) in [6.07, 6.45) is 1.64. The summed E-state index contributed by atoms with van der Waals surface area (Å²) in [5, 5.41) is 2.78. The van der Waals surface area contributed by atoms with Gasteiger partial charge in [-0.3, -0.25) is 4.79 Å². The fraction of sp³-hybridized carbons (Fsp3) is 0.0714. The van der Waals surface area contributed by atoms with Crippen LogP contribution in [-0.4, -0.2) is 21.6 Å². The second-order valence-electron chi connectivity index (χ2n) is 4.27. The van der Waals surface area contributed by atoms with Gasteiger partial charge >= 0.3 is 0 Å². The molecule has 0 unspecified atom stereocenters. The predicted octanol–water partition coefficient (Wildman–Crippen LogP) is 4.95. The zero-order chi connectivity index (χ0) is 15.5. The number of carbonyl (C=O) groups is 1. The van der Waals surface area contributed by atoms with Gasteiger partial charge in [-0.2, -0.15) is 0 Å². The number of anilines is 1. The molecular formula is C14H9Br2N3OS2. The number of thioether (sulfide) groups is 1. The number of aromatic nitrogens is 2. The van der Waals surface area contributed by atoms with E-state index in [0.717, 1.165) is 23.5 Å². The molecule has 0 fully saturated rings. The Bertz CT molecular complexity index is 805. The number of rotatable bonds is 4. The van der Waals surface area contributed by atoms with Gasteiger partial charge in [0.1, 0.15) is 5.82 Å². The van der Waals surface area contributed by atoms with E-state index >= 15 is 0 Å². The number of thiazole rings is 1. The van der Waals surface area contributed by atoms with Crippen molar-refractivity contribution in [3.8, 4) is 0 Å². The lowest BCUT2D eigenvalue weighted by Crippen LogP contribution is -2.15. The van der Waals surface area contributed by atoms with Gasteiger partial charge in [-0.25, -0.2) is 9.97 Å². The van der Waals surface area contributed by atoms with Gasteiger partial charge in [-0.05, 0) is 50.1 Å². The Morgan fingerprint density at radius 1 is 1.32 bits per heavy atom. The van der Waals surface area contributed by atoms with Crippen LogP contribution in [0.15, 0.2) is 49.8 Å². The number of pyridine rings is 1. The number of halogens is 2. The molecule has 1 N–H and O–H groups in total. The fourth-order valence-corrected chi connectivity index (χ4v) is 4.67. The highest BCUT2D eigenvalue weighted by Gasteiger charge is 2.10. The molecule has 0 bridgehead atoms. The van der Waals surface area contributed by atoms with Gasteiger partial charge < -0.3 is 5.32 Å². The molecule has 0 aliphatic rings. The van der Waals surface area contributed by atoms with Gasteiger partial charge in [0.2, 0.25) is 5.91 Å². The van der Waals surface area contributed by atoms with Crippen LogP contribution in [-0.2, 0) is 4.79 Å². The Morgan fingerprint density at radius 2 is 2.14 bits per heavy atom. The first-order chi connectivity index (χ1) is 10.6. The second-order valence-corrected chi connectivity index (χ2v) is 8.29. The molecule has 0 saturated heterocycles. The van der Waals surface area contributed by atoms with Crippen molar-refractivity contribution in [1.82, 2.24) is 9.97 Å². The molecule has 1 amide bonds. The first-order valence-corrected chi connectivity index (χ1v) is 9.60. The molecule has 4 nitrogen and oxygen atoms in total. The fourth-order valence-electron chi connectivity index (χ4n) is 1.71. The van der Waals surface area contributed by atoms with E-state index in [9.17, 15) is 4.79 Å². The highest BCUT2D eigenvalue weighted by molar-refractivity contribution is 9.11. The van der Waals surface area contributed by atoms with E-state index < -0.39 is 0 Å². The van der Waals surface area contributed by atoms with E-state index in [2.05, 4.69) is 47.1 Å². The Balaban J connectivity index is 1.62. The van der Waals surface area contributed by atoms with Crippen molar-refractivity contribution in [3.63, 3.8) is 0 Å². The normalized spacial score (nSPS) is 10.8. The Hall–Kier alpha value is -0.960. The third kappa shape index (κ3) is 3.87. The molecule has 0 atom stereocenters. The van der Waals surface area contributed by atoms with E-state index in [1.165, 1.54) is 11.8 Å². The maximum Gasteiger partial charge on any atom is 0.236 e. The van der Waals surface area contributed by atoms with Crippen molar-refractivity contribution in [2.45, 2.75) is 4.34 Å². The summed E-state index contributed by atoms with van der Waals surface area (Å²) >= 11 is 9.71. The topological polar surface area (TPSA) is 54.9 Å². The molecule has 3 aromatic rings. The summed E-state index contributed by atoms with van der Waals surface area (Å²) in [5.74, 6) is 0.696. The SMILES string of the molecule is O=C(CSc1nc2ccccc2s1)Nc1ncc(Br)cc1Br. The second kappa shape index (κ2) is 7.08. The molecule has 2 heterocycles. The standard InChI is InChI=1S/C14H9Br2N3OS2/c15-8-5-9(16)13(17-6-8)19-12(20)7-21-14-18-10-3-1-2-4-11(10)22-14/h1-6H,7H2,(H,17,19,20). The van der Waals surface area contributed by atoms with Crippen molar-refractivity contribution in [1.29, 1.82) is 0 Å². The molecule has 0 aliphatic carbocycles. The Morgan fingerprint density at radius 3 is 2.91 bits per heavy atom. The lowest BCUT2D eigenvalue weighted by Gasteiger charge is -2.05. The van der Waals surface area contributed by atoms with E-state index in [4.69, 9.17) is 0 Å². The van der Waals surface area contributed by atoms with Crippen LogP contribution in [0.2, 0.25) is 0 Å². The average molecular weight is 459 g/mol. The smallest absolute Gasteiger partial charge is 0.236 e. The van der Waals surface area contributed by atoms with Crippen molar-refractivity contribution in [3.05, 3.63) is 45.5 Å². The molecule has 0 saturated carbocycles. The Labute approximate surface area is 152 Å². The van der Waals surface area contributed by atoms with E-state index in [1.807, 2.05) is 30.3 Å². The number of fused-ring (bicyclic) bond motifs is 1. The molecule has 3 rings (SSSR count). The molecule has 2 aromatic heterocycles. The summed E-state index contributed by atoms with van der Waals surface area (Å²) < 4.78 is 3.60. The summed E-state index contributed by atoms with van der Waals surface area (Å²) in [5.41, 5.74) is 0.965. The first kappa shape index (κ1) is 15.9. The van der Waals surface area contributed by atoms with Crippen LogP contribution in [0.1, 0.15) is 0 Å². The van der Waals surface area contributed by atoms with Gasteiger partial charge in [0, 0.05) is 10.7 Å². The minimum Gasteiger partial charge on any atom is -0.309 e. The number of nitrogens with zero attached hydrogens (tertiary/aromatic N) is 2. The van der Waals surface area contributed by atoms with Crippen LogP contribution in [0.5, 0.6) is 0 Å². The maximum atomic E-state index is 12.0. The van der Waals surface area contributed by atoms with Crippen molar-refractivity contribution in [2.75, 3.05) is 11.1 Å². The molecule has 0 aliphatic heterocycles. The van der Waals surface area contributed by atoms with Crippen LogP contribution in [0.25, 0.3) is 10.2 Å². The van der Waals surface area contributed by atoms with Crippen LogP contribution >= 0.6 is 55.0 Å². The van der Waals surface area contributed by atoms with Gasteiger partial charge in [0.25, 0.3) is 0 Å². The molecule has 22 heavy (non-hydrogen) atoms. The van der Waals surface area contributed by atoms with Crippen LogP contribution < -0.4 is 5.32 Å². The number of nitrogens with one attached hydrogen (secondary N) is 1. The Kier molecular flexibility index (Phi) is 5.12. The van der Waals surface area contributed by atoms with Gasteiger partial charge in [0.15, 0.2) is 4.34 Å². The number of hydrogen-bond donors (Lipinski definition) is 1. The molecule has 8 heteroatoms. The van der Waals surface area contributed by atoms with Crippen LogP contribution in [0.4, 0.5) is 5.82 Å². The summed E-state index contributed by atoms with van der Waals surface area (Å²) in [7, 11) is 0. The van der Waals surface area contributed by atoms with Crippen LogP contribution in [0.3, 0.4) is 0 Å². The lowest BCUT2D eigenvalue weighted by atomic mass is 10.3. The first-order valence-electron chi connectivity index (χ1n) is 6.21. The number of hydrogen-bond acceptors (Lipinski definition) is 5. The summed E-state index contributed by atoms with van der Waals surface area (Å²) in [4.78, 5) is 20.7. The summed E-state index contributed by atoms with van der Waals surface area (Å²) in [6, 6.07) is 9.78.